The van der Waals surface area contributed by atoms with Crippen LogP contribution in [0.5, 0.6) is 0 Å². The minimum Gasteiger partial charge on any atom is -0.469 e. The molecule has 0 spiro atoms. The number of unbranched alkanes of at least 4 members (excludes halogenated alkanes) is 2. The highest BCUT2D eigenvalue weighted by Gasteiger charge is 2.12. The van der Waals surface area contributed by atoms with Crippen LogP contribution in [0, 0.1) is 6.92 Å². The molecule has 0 aliphatic rings. The molecule has 0 atom stereocenters. The molecule has 0 saturated carbocycles. The van der Waals surface area contributed by atoms with Crippen LogP contribution in [0.3, 0.4) is 0 Å². The van der Waals surface area contributed by atoms with Crippen molar-refractivity contribution < 1.29 is 9.53 Å². The van der Waals surface area contributed by atoms with Gasteiger partial charge in [-0.05, 0) is 37.5 Å². The molecule has 152 valence electrons. The number of hydrogen-bond donors (Lipinski definition) is 0. The van der Waals surface area contributed by atoms with Crippen molar-refractivity contribution in [1.82, 2.24) is 9.55 Å². The molecule has 0 aliphatic carbocycles. The van der Waals surface area contributed by atoms with Crippen LogP contribution in [0.1, 0.15) is 36.8 Å². The van der Waals surface area contributed by atoms with E-state index in [1.165, 1.54) is 18.2 Å². The van der Waals surface area contributed by atoms with Gasteiger partial charge < -0.3 is 4.74 Å². The number of rotatable bonds is 9. The molecule has 0 N–H and O–H groups in total. The van der Waals surface area contributed by atoms with Crippen LogP contribution in [-0.2, 0) is 21.8 Å². The first-order valence-corrected chi connectivity index (χ1v) is 10.8. The van der Waals surface area contributed by atoms with Gasteiger partial charge in [0, 0.05) is 18.7 Å². The summed E-state index contributed by atoms with van der Waals surface area (Å²) < 4.78 is 6.46. The number of benzene rings is 2. The van der Waals surface area contributed by atoms with Crippen molar-refractivity contribution in [1.29, 1.82) is 0 Å². The number of methoxy groups -OCH3 is 1. The molecule has 1 heterocycles. The van der Waals surface area contributed by atoms with E-state index in [1.807, 2.05) is 30.3 Å². The third kappa shape index (κ3) is 5.70. The number of aryl methyl sites for hydroxylation is 1. The predicted molar refractivity (Wildman–Crippen MR) is 117 cm³/mol. The predicted octanol–water partition coefficient (Wildman–Crippen LogP) is 4.73. The molecule has 6 heteroatoms. The zero-order valence-corrected chi connectivity index (χ0v) is 17.7. The maximum atomic E-state index is 13.1. The second kappa shape index (κ2) is 10.3. The van der Waals surface area contributed by atoms with Crippen molar-refractivity contribution >= 4 is 28.6 Å². The summed E-state index contributed by atoms with van der Waals surface area (Å²) in [6.45, 7) is 2.67. The van der Waals surface area contributed by atoms with Gasteiger partial charge in [0.1, 0.15) is 0 Å². The Morgan fingerprint density at radius 3 is 2.72 bits per heavy atom. The quantitative estimate of drug-likeness (QED) is 0.221. The highest BCUT2D eigenvalue weighted by atomic mass is 32.2. The number of nitrogens with zero attached hydrogens (tertiary/aromatic N) is 2. The van der Waals surface area contributed by atoms with Gasteiger partial charge in [0.05, 0.1) is 18.0 Å². The van der Waals surface area contributed by atoms with Gasteiger partial charge >= 0.3 is 5.97 Å². The number of carbonyl (C=O) groups is 1. The Morgan fingerprint density at radius 1 is 1.10 bits per heavy atom. The molecule has 29 heavy (non-hydrogen) atoms. The van der Waals surface area contributed by atoms with Gasteiger partial charge in [0.25, 0.3) is 5.56 Å². The second-order valence-corrected chi connectivity index (χ2v) is 7.98. The van der Waals surface area contributed by atoms with Crippen molar-refractivity contribution in [2.75, 3.05) is 7.11 Å². The lowest BCUT2D eigenvalue weighted by Gasteiger charge is -2.13. The topological polar surface area (TPSA) is 61.2 Å². The van der Waals surface area contributed by atoms with Gasteiger partial charge in [-0.15, -0.1) is 0 Å². The number of para-hydroxylation sites is 1. The molecule has 0 saturated heterocycles. The molecule has 2 aromatic carbocycles. The molecule has 0 fully saturated rings. The zero-order chi connectivity index (χ0) is 20.6. The first-order valence-electron chi connectivity index (χ1n) is 9.83. The Labute approximate surface area is 175 Å². The fourth-order valence-corrected chi connectivity index (χ4v) is 4.19. The Kier molecular flexibility index (Phi) is 7.47. The molecule has 0 radical (unpaired) electrons. The monoisotopic (exact) mass is 410 g/mol. The third-order valence-electron chi connectivity index (χ3n) is 4.77. The molecule has 0 aliphatic heterocycles. The number of ether oxygens (including phenoxy) is 1. The van der Waals surface area contributed by atoms with Crippen molar-refractivity contribution in [2.45, 2.75) is 50.1 Å². The summed E-state index contributed by atoms with van der Waals surface area (Å²) in [4.78, 5) is 29.1. The number of fused-ring (bicyclic) bond motifs is 1. The first kappa shape index (κ1) is 21.1. The van der Waals surface area contributed by atoms with E-state index in [0.29, 0.717) is 18.4 Å². The molecular formula is C23H26N2O3S. The molecule has 5 nitrogen and oxygen atoms in total. The van der Waals surface area contributed by atoms with Gasteiger partial charge in [0.15, 0.2) is 5.16 Å². The molecule has 0 amide bonds. The van der Waals surface area contributed by atoms with Crippen LogP contribution in [0.2, 0.25) is 0 Å². The first-order chi connectivity index (χ1) is 14.1. The van der Waals surface area contributed by atoms with Gasteiger partial charge in [-0.25, -0.2) is 4.98 Å². The lowest BCUT2D eigenvalue weighted by molar-refractivity contribution is -0.140. The summed E-state index contributed by atoms with van der Waals surface area (Å²) in [6.07, 6.45) is 2.84. The maximum Gasteiger partial charge on any atom is 0.305 e. The lowest BCUT2D eigenvalue weighted by atomic mass is 10.2. The van der Waals surface area contributed by atoms with Gasteiger partial charge in [0.2, 0.25) is 0 Å². The Balaban J connectivity index is 1.77. The Hall–Kier alpha value is -2.60. The highest BCUT2D eigenvalue weighted by Crippen LogP contribution is 2.23. The second-order valence-electron chi connectivity index (χ2n) is 7.03. The van der Waals surface area contributed by atoms with E-state index in [0.717, 1.165) is 35.7 Å². The van der Waals surface area contributed by atoms with Crippen LogP contribution in [0.4, 0.5) is 0 Å². The van der Waals surface area contributed by atoms with Crippen molar-refractivity contribution in [2.24, 2.45) is 0 Å². The number of thioether (sulfide) groups is 1. The van der Waals surface area contributed by atoms with Crippen molar-refractivity contribution in [3.8, 4) is 0 Å². The molecule has 0 unspecified atom stereocenters. The van der Waals surface area contributed by atoms with Gasteiger partial charge in [-0.1, -0.05) is 60.1 Å². The SMILES string of the molecule is COC(=O)CCCCCn1c(SCc2cccc(C)c2)nc2ccccc2c1=O. The normalized spacial score (nSPS) is 11.0. The van der Waals surface area contributed by atoms with E-state index in [9.17, 15) is 9.59 Å². The van der Waals surface area contributed by atoms with Gasteiger partial charge in [-0.3, -0.25) is 14.2 Å². The van der Waals surface area contributed by atoms with Crippen molar-refractivity contribution in [3.05, 3.63) is 70.0 Å². The van der Waals surface area contributed by atoms with Crippen LogP contribution in [0.15, 0.2) is 58.5 Å². The summed E-state index contributed by atoms with van der Waals surface area (Å²) in [5.41, 5.74) is 3.15. The van der Waals surface area contributed by atoms with E-state index in [2.05, 4.69) is 29.9 Å². The summed E-state index contributed by atoms with van der Waals surface area (Å²) in [5, 5.41) is 1.38. The highest BCUT2D eigenvalue weighted by molar-refractivity contribution is 7.98. The van der Waals surface area contributed by atoms with Crippen LogP contribution in [0.25, 0.3) is 10.9 Å². The summed E-state index contributed by atoms with van der Waals surface area (Å²) in [6, 6.07) is 15.9. The van der Waals surface area contributed by atoms with Crippen LogP contribution < -0.4 is 5.56 Å². The number of esters is 1. The lowest BCUT2D eigenvalue weighted by Crippen LogP contribution is -2.23. The fraction of sp³-hybridized carbons (Fsp3) is 0.348. The van der Waals surface area contributed by atoms with E-state index in [4.69, 9.17) is 4.98 Å². The minimum atomic E-state index is -0.191. The minimum absolute atomic E-state index is 0.00434. The van der Waals surface area contributed by atoms with Gasteiger partial charge in [-0.2, -0.15) is 0 Å². The summed E-state index contributed by atoms with van der Waals surface area (Å²) in [7, 11) is 1.40. The van der Waals surface area contributed by atoms with Crippen molar-refractivity contribution in [3.63, 3.8) is 0 Å². The standard InChI is InChI=1S/C23H26N2O3S/c1-17-9-8-10-18(15-17)16-29-23-24-20-12-6-5-11-19(20)22(27)25(23)14-7-3-4-13-21(26)28-2/h5-6,8-12,15H,3-4,7,13-14,16H2,1-2H3. The van der Waals surface area contributed by atoms with E-state index >= 15 is 0 Å². The molecule has 0 bridgehead atoms. The summed E-state index contributed by atoms with van der Waals surface area (Å²) >= 11 is 1.59. The average molecular weight is 411 g/mol. The number of aromatic nitrogens is 2. The molecule has 1 aromatic heterocycles. The van der Waals surface area contributed by atoms with E-state index < -0.39 is 0 Å². The van der Waals surface area contributed by atoms with E-state index in [-0.39, 0.29) is 11.5 Å². The zero-order valence-electron chi connectivity index (χ0n) is 16.9. The summed E-state index contributed by atoms with van der Waals surface area (Å²) in [5.74, 6) is 0.568. The molecule has 3 rings (SSSR count). The molecular weight excluding hydrogens is 384 g/mol. The Bertz CT molecular complexity index is 1050. The van der Waals surface area contributed by atoms with Crippen LogP contribution in [-0.4, -0.2) is 22.6 Å². The maximum absolute atomic E-state index is 13.1. The fourth-order valence-electron chi connectivity index (χ4n) is 3.22. The Morgan fingerprint density at radius 2 is 1.93 bits per heavy atom. The largest absolute Gasteiger partial charge is 0.469 e. The molecule has 3 aromatic rings. The van der Waals surface area contributed by atoms with Crippen LogP contribution >= 0.6 is 11.8 Å². The van der Waals surface area contributed by atoms with E-state index in [1.54, 1.807) is 16.3 Å². The number of carbonyl (C=O) groups excluding carboxylic acids is 1. The number of hydrogen-bond acceptors (Lipinski definition) is 5. The third-order valence-corrected chi connectivity index (χ3v) is 5.81. The average Bonchev–Trinajstić information content (AvgIpc) is 2.73. The smallest absolute Gasteiger partial charge is 0.305 e.